The maximum Gasteiger partial charge on any atom is 0.329 e. The second-order valence-corrected chi connectivity index (χ2v) is 6.06. The molecule has 9 nitrogen and oxygen atoms in total. The second kappa shape index (κ2) is 11.2. The van der Waals surface area contributed by atoms with E-state index >= 15 is 0 Å². The number of nitrogens with one attached hydrogen (secondary N) is 4. The van der Waals surface area contributed by atoms with Crippen molar-refractivity contribution in [3.05, 3.63) is 54.6 Å². The number of aliphatic hydroxyl groups excluding tert-OH is 1. The molecule has 0 atom stereocenters. The van der Waals surface area contributed by atoms with Gasteiger partial charge in [-0.2, -0.15) is 5.10 Å². The Morgan fingerprint density at radius 2 is 1.52 bits per heavy atom. The number of carbonyl (C=O) groups is 3. The number of benzene rings is 2. The highest BCUT2D eigenvalue weighted by Gasteiger charge is 2.12. The highest BCUT2D eigenvalue weighted by Crippen LogP contribution is 2.18. The Bertz CT molecular complexity index is 866. The van der Waals surface area contributed by atoms with E-state index in [-0.39, 0.29) is 25.5 Å². The van der Waals surface area contributed by atoms with E-state index in [0.29, 0.717) is 11.4 Å². The largest absolute Gasteiger partial charge is 0.395 e. The highest BCUT2D eigenvalue weighted by molar-refractivity contribution is 6.35. The Labute approximate surface area is 168 Å². The molecule has 0 aliphatic heterocycles. The van der Waals surface area contributed by atoms with Gasteiger partial charge in [0.2, 0.25) is 5.91 Å². The van der Waals surface area contributed by atoms with Crippen LogP contribution in [0.25, 0.3) is 0 Å². The zero-order chi connectivity index (χ0) is 21.1. The van der Waals surface area contributed by atoms with E-state index in [1.54, 1.807) is 19.1 Å². The first-order valence-electron chi connectivity index (χ1n) is 8.92. The summed E-state index contributed by atoms with van der Waals surface area (Å²) >= 11 is 0. The molecule has 0 aliphatic rings. The van der Waals surface area contributed by atoms with Gasteiger partial charge in [0.25, 0.3) is 0 Å². The summed E-state index contributed by atoms with van der Waals surface area (Å²) in [5, 5.41) is 20.5. The Hall–Kier alpha value is -3.72. The lowest BCUT2D eigenvalue weighted by atomic mass is 10.2. The smallest absolute Gasteiger partial charge is 0.329 e. The van der Waals surface area contributed by atoms with Gasteiger partial charge in [0, 0.05) is 29.3 Å². The Morgan fingerprint density at radius 3 is 2.17 bits per heavy atom. The number of nitrogens with zero attached hydrogens (tertiary/aromatic N) is 1. The third kappa shape index (κ3) is 7.81. The monoisotopic (exact) mass is 397 g/mol. The van der Waals surface area contributed by atoms with Crippen LogP contribution < -0.4 is 21.4 Å². The van der Waals surface area contributed by atoms with Crippen LogP contribution in [-0.2, 0) is 14.4 Å². The van der Waals surface area contributed by atoms with Gasteiger partial charge in [-0.05, 0) is 43.3 Å². The topological polar surface area (TPSA) is 132 Å². The van der Waals surface area contributed by atoms with Crippen LogP contribution in [0, 0.1) is 0 Å². The van der Waals surface area contributed by atoms with E-state index in [1.165, 1.54) is 0 Å². The van der Waals surface area contributed by atoms with Gasteiger partial charge in [-0.25, -0.2) is 5.43 Å². The predicted octanol–water partition coefficient (Wildman–Crippen LogP) is 1.36. The molecule has 2 rings (SSSR count). The predicted molar refractivity (Wildman–Crippen MR) is 111 cm³/mol. The second-order valence-electron chi connectivity index (χ2n) is 6.06. The van der Waals surface area contributed by atoms with Crippen molar-refractivity contribution in [3.63, 3.8) is 0 Å². The number of rotatable bonds is 8. The summed E-state index contributed by atoms with van der Waals surface area (Å²) in [6.45, 7) is 1.25. The maximum absolute atomic E-state index is 12.1. The van der Waals surface area contributed by atoms with E-state index < -0.39 is 11.8 Å². The number of amides is 3. The Kier molecular flexibility index (Phi) is 8.33. The van der Waals surface area contributed by atoms with Gasteiger partial charge >= 0.3 is 11.8 Å². The maximum atomic E-state index is 12.1. The number of hydrogen-bond donors (Lipinski definition) is 5. The summed E-state index contributed by atoms with van der Waals surface area (Å²) in [5.41, 5.74) is 4.85. The fourth-order valence-electron chi connectivity index (χ4n) is 2.25. The molecule has 0 radical (unpaired) electrons. The number of aliphatic hydroxyl groups is 1. The van der Waals surface area contributed by atoms with E-state index in [2.05, 4.69) is 26.5 Å². The fraction of sp³-hybridized carbons (Fsp3) is 0.200. The summed E-state index contributed by atoms with van der Waals surface area (Å²) in [4.78, 5) is 34.9. The third-order valence-corrected chi connectivity index (χ3v) is 3.60. The summed E-state index contributed by atoms with van der Waals surface area (Å²) < 4.78 is 0. The van der Waals surface area contributed by atoms with Gasteiger partial charge in [-0.15, -0.1) is 0 Å². The van der Waals surface area contributed by atoms with Crippen LogP contribution in [0.4, 0.5) is 17.1 Å². The average molecular weight is 397 g/mol. The van der Waals surface area contributed by atoms with Crippen LogP contribution in [0.2, 0.25) is 0 Å². The molecule has 29 heavy (non-hydrogen) atoms. The number of carbonyl (C=O) groups excluding carboxylic acids is 3. The minimum absolute atomic E-state index is 0.0307. The number of anilines is 3. The lowest BCUT2D eigenvalue weighted by Crippen LogP contribution is -2.39. The third-order valence-electron chi connectivity index (χ3n) is 3.60. The van der Waals surface area contributed by atoms with Crippen molar-refractivity contribution in [2.24, 2.45) is 5.10 Å². The van der Waals surface area contributed by atoms with Crippen molar-refractivity contribution in [2.75, 3.05) is 23.8 Å². The molecule has 152 valence electrons. The van der Waals surface area contributed by atoms with Crippen molar-refractivity contribution < 1.29 is 19.5 Å². The summed E-state index contributed by atoms with van der Waals surface area (Å²) in [6, 6.07) is 16.9. The molecule has 0 heterocycles. The van der Waals surface area contributed by atoms with Crippen molar-refractivity contribution in [2.45, 2.75) is 13.3 Å². The minimum atomic E-state index is -0.972. The van der Waals surface area contributed by atoms with Gasteiger partial charge in [-0.1, -0.05) is 18.2 Å². The van der Waals surface area contributed by atoms with E-state index in [1.807, 2.05) is 42.5 Å². The molecular formula is C20H23N5O4. The van der Waals surface area contributed by atoms with E-state index in [9.17, 15) is 14.4 Å². The Morgan fingerprint density at radius 1 is 0.897 bits per heavy atom. The Balaban J connectivity index is 1.80. The highest BCUT2D eigenvalue weighted by atomic mass is 16.3. The fourth-order valence-corrected chi connectivity index (χ4v) is 2.25. The molecule has 0 fully saturated rings. The van der Waals surface area contributed by atoms with Gasteiger partial charge in [-0.3, -0.25) is 14.4 Å². The molecule has 2 aromatic carbocycles. The first kappa shape index (κ1) is 21.6. The van der Waals surface area contributed by atoms with Gasteiger partial charge in [0.15, 0.2) is 0 Å². The quantitative estimate of drug-likeness (QED) is 0.261. The molecule has 0 saturated carbocycles. The summed E-state index contributed by atoms with van der Waals surface area (Å²) in [6.07, 6.45) is -0.0530. The molecule has 0 unspecified atom stereocenters. The minimum Gasteiger partial charge on any atom is -0.395 e. The van der Waals surface area contributed by atoms with Crippen LogP contribution in [0.1, 0.15) is 13.3 Å². The average Bonchev–Trinajstić information content (AvgIpc) is 2.72. The molecule has 0 bridgehead atoms. The number of hydrazone groups is 1. The van der Waals surface area contributed by atoms with Crippen LogP contribution in [0.15, 0.2) is 59.7 Å². The summed E-state index contributed by atoms with van der Waals surface area (Å²) in [7, 11) is 0. The zero-order valence-electron chi connectivity index (χ0n) is 15.9. The SMILES string of the molecule is C/C(CC(=O)Nc1ccc(Nc2ccccc2)cc1)=N/NC(=O)C(=O)NCCO. The zero-order valence-corrected chi connectivity index (χ0v) is 15.9. The van der Waals surface area contributed by atoms with Gasteiger partial charge < -0.3 is 21.1 Å². The molecule has 3 amide bonds. The van der Waals surface area contributed by atoms with Crippen molar-refractivity contribution >= 4 is 40.5 Å². The number of para-hydroxylation sites is 1. The molecule has 2 aromatic rings. The lowest BCUT2D eigenvalue weighted by molar-refractivity contribution is -0.139. The molecule has 0 aliphatic carbocycles. The molecular weight excluding hydrogens is 374 g/mol. The standard InChI is InChI=1S/C20H23N5O4/c1-14(24-25-20(29)19(28)21-11-12-26)13-18(27)23-17-9-7-16(8-10-17)22-15-5-3-2-4-6-15/h2-10,22,26H,11-13H2,1H3,(H,21,28)(H,23,27)(H,25,29)/b24-14-. The van der Waals surface area contributed by atoms with Gasteiger partial charge in [0.1, 0.15) is 0 Å². The first-order chi connectivity index (χ1) is 14.0. The molecule has 0 aromatic heterocycles. The lowest BCUT2D eigenvalue weighted by Gasteiger charge is -2.09. The molecule has 0 spiro atoms. The molecule has 9 heteroatoms. The van der Waals surface area contributed by atoms with E-state index in [0.717, 1.165) is 11.4 Å². The van der Waals surface area contributed by atoms with E-state index in [4.69, 9.17) is 5.11 Å². The molecule has 5 N–H and O–H groups in total. The van der Waals surface area contributed by atoms with Crippen molar-refractivity contribution in [3.8, 4) is 0 Å². The van der Waals surface area contributed by atoms with Crippen molar-refractivity contribution in [1.82, 2.24) is 10.7 Å². The number of hydrogen-bond acceptors (Lipinski definition) is 6. The van der Waals surface area contributed by atoms with Crippen LogP contribution in [-0.4, -0.2) is 41.7 Å². The van der Waals surface area contributed by atoms with Crippen LogP contribution in [0.3, 0.4) is 0 Å². The summed E-state index contributed by atoms with van der Waals surface area (Å²) in [5.74, 6) is -2.20. The normalized spacial score (nSPS) is 10.8. The first-order valence-corrected chi connectivity index (χ1v) is 8.92. The molecule has 0 saturated heterocycles. The van der Waals surface area contributed by atoms with Crippen LogP contribution >= 0.6 is 0 Å². The van der Waals surface area contributed by atoms with Gasteiger partial charge in [0.05, 0.1) is 13.0 Å². The van der Waals surface area contributed by atoms with Crippen molar-refractivity contribution in [1.29, 1.82) is 0 Å². The van der Waals surface area contributed by atoms with Crippen LogP contribution in [0.5, 0.6) is 0 Å².